The van der Waals surface area contributed by atoms with E-state index in [-0.39, 0.29) is 6.61 Å². The zero-order valence-corrected chi connectivity index (χ0v) is 12.0. The maximum Gasteiger partial charge on any atom is 0.203 e. The summed E-state index contributed by atoms with van der Waals surface area (Å²) in [5.74, 6) is 1.81. The van der Waals surface area contributed by atoms with E-state index in [0.717, 1.165) is 0 Å². The van der Waals surface area contributed by atoms with Crippen LogP contribution in [0.1, 0.15) is 0 Å². The predicted octanol–water partition coefficient (Wildman–Crippen LogP) is 1.11. The lowest BCUT2D eigenvalue weighted by atomic mass is 10.3. The van der Waals surface area contributed by atoms with Gasteiger partial charge < -0.3 is 28.8 Å². The average molecular weight is 286 g/mol. The van der Waals surface area contributed by atoms with E-state index >= 15 is 0 Å². The van der Waals surface area contributed by atoms with Crippen LogP contribution in [0.4, 0.5) is 0 Å². The summed E-state index contributed by atoms with van der Waals surface area (Å²) >= 11 is 0. The van der Waals surface area contributed by atoms with E-state index in [1.165, 1.54) is 0 Å². The van der Waals surface area contributed by atoms with E-state index < -0.39 is 0 Å². The van der Waals surface area contributed by atoms with Crippen LogP contribution in [0.3, 0.4) is 0 Å². The Bertz CT molecular complexity index is 346. The summed E-state index contributed by atoms with van der Waals surface area (Å²) in [6.45, 7) is 2.10. The van der Waals surface area contributed by atoms with E-state index in [4.69, 9.17) is 28.8 Å². The molecule has 1 rings (SSSR count). The van der Waals surface area contributed by atoms with Crippen molar-refractivity contribution in [1.29, 1.82) is 0 Å². The Hall–Kier alpha value is -1.50. The van der Waals surface area contributed by atoms with Crippen LogP contribution in [0.25, 0.3) is 0 Å². The van der Waals surface area contributed by atoms with Gasteiger partial charge >= 0.3 is 0 Å². The van der Waals surface area contributed by atoms with E-state index in [1.54, 1.807) is 26.4 Å². The van der Waals surface area contributed by atoms with Crippen molar-refractivity contribution in [2.24, 2.45) is 0 Å². The van der Waals surface area contributed by atoms with E-state index in [1.807, 2.05) is 6.07 Å². The Morgan fingerprint density at radius 1 is 0.850 bits per heavy atom. The average Bonchev–Trinajstić information content (AvgIpc) is 2.49. The molecule has 0 aliphatic heterocycles. The molecule has 20 heavy (non-hydrogen) atoms. The van der Waals surface area contributed by atoms with Gasteiger partial charge in [0.1, 0.15) is 6.61 Å². The highest BCUT2D eigenvalue weighted by Crippen LogP contribution is 2.36. The summed E-state index contributed by atoms with van der Waals surface area (Å²) in [5, 5.41) is 8.52. The van der Waals surface area contributed by atoms with Gasteiger partial charge in [0, 0.05) is 0 Å². The number of hydrogen-bond acceptors (Lipinski definition) is 6. The summed E-state index contributed by atoms with van der Waals surface area (Å²) in [6, 6.07) is 5.45. The zero-order chi connectivity index (χ0) is 14.6. The van der Waals surface area contributed by atoms with Crippen molar-refractivity contribution < 1.29 is 28.8 Å². The minimum Gasteiger partial charge on any atom is -0.493 e. The number of benzene rings is 1. The first-order valence-corrected chi connectivity index (χ1v) is 6.43. The van der Waals surface area contributed by atoms with Crippen LogP contribution in [-0.4, -0.2) is 59.0 Å². The number of ether oxygens (including phenoxy) is 5. The Kier molecular flexibility index (Phi) is 8.53. The van der Waals surface area contributed by atoms with E-state index in [9.17, 15) is 0 Å². The van der Waals surface area contributed by atoms with Gasteiger partial charge in [-0.25, -0.2) is 0 Å². The monoisotopic (exact) mass is 286 g/mol. The second-order valence-electron chi connectivity index (χ2n) is 3.79. The molecule has 0 bridgehead atoms. The van der Waals surface area contributed by atoms with Crippen molar-refractivity contribution in [3.63, 3.8) is 0 Å². The van der Waals surface area contributed by atoms with Crippen LogP contribution in [-0.2, 0) is 9.47 Å². The fourth-order valence-corrected chi connectivity index (χ4v) is 1.55. The molecule has 0 fully saturated rings. The number of aliphatic hydroxyl groups excluding tert-OH is 1. The maximum atomic E-state index is 8.52. The van der Waals surface area contributed by atoms with E-state index in [0.29, 0.717) is 50.3 Å². The van der Waals surface area contributed by atoms with Crippen LogP contribution >= 0.6 is 0 Å². The van der Waals surface area contributed by atoms with Gasteiger partial charge in [-0.3, -0.25) is 0 Å². The standard InChI is InChI=1S/C14H22O6/c1-16-12-4-3-5-13(17-2)14(12)20-11-10-19-9-8-18-7-6-15/h3-5,15H,6-11H2,1-2H3. The zero-order valence-electron chi connectivity index (χ0n) is 12.0. The Labute approximate surface area is 119 Å². The molecule has 1 aromatic rings. The topological polar surface area (TPSA) is 66.4 Å². The molecule has 114 valence electrons. The number of methoxy groups -OCH3 is 2. The molecular weight excluding hydrogens is 264 g/mol. The molecular formula is C14H22O6. The Morgan fingerprint density at radius 3 is 1.95 bits per heavy atom. The van der Waals surface area contributed by atoms with Gasteiger partial charge in [-0.1, -0.05) is 6.07 Å². The van der Waals surface area contributed by atoms with Gasteiger partial charge in [-0.15, -0.1) is 0 Å². The van der Waals surface area contributed by atoms with Gasteiger partial charge in [0.15, 0.2) is 11.5 Å². The normalized spacial score (nSPS) is 10.3. The smallest absolute Gasteiger partial charge is 0.203 e. The van der Waals surface area contributed by atoms with Crippen molar-refractivity contribution in [2.75, 3.05) is 53.9 Å². The van der Waals surface area contributed by atoms with Crippen LogP contribution in [0.15, 0.2) is 18.2 Å². The summed E-state index contributed by atoms with van der Waals surface area (Å²) < 4.78 is 26.5. The van der Waals surface area contributed by atoms with Gasteiger partial charge in [0.25, 0.3) is 0 Å². The molecule has 1 aromatic carbocycles. The molecule has 0 amide bonds. The summed E-state index contributed by atoms with van der Waals surface area (Å²) in [6.07, 6.45) is 0. The van der Waals surface area contributed by atoms with Crippen LogP contribution < -0.4 is 14.2 Å². The third kappa shape index (κ3) is 5.64. The van der Waals surface area contributed by atoms with Crippen molar-refractivity contribution in [1.82, 2.24) is 0 Å². The molecule has 0 atom stereocenters. The van der Waals surface area contributed by atoms with Crippen molar-refractivity contribution in [3.05, 3.63) is 18.2 Å². The molecule has 0 saturated carbocycles. The first-order valence-electron chi connectivity index (χ1n) is 6.43. The third-order valence-electron chi connectivity index (χ3n) is 2.46. The lowest BCUT2D eigenvalue weighted by molar-refractivity contribution is 0.0243. The van der Waals surface area contributed by atoms with Crippen molar-refractivity contribution in [3.8, 4) is 17.2 Å². The largest absolute Gasteiger partial charge is 0.493 e. The third-order valence-corrected chi connectivity index (χ3v) is 2.46. The Morgan fingerprint density at radius 2 is 1.40 bits per heavy atom. The second-order valence-corrected chi connectivity index (χ2v) is 3.79. The number of para-hydroxylation sites is 1. The molecule has 0 aromatic heterocycles. The van der Waals surface area contributed by atoms with Gasteiger partial charge in [0.2, 0.25) is 5.75 Å². The second kappa shape index (κ2) is 10.3. The fourth-order valence-electron chi connectivity index (χ4n) is 1.55. The minimum atomic E-state index is 0.0245. The SMILES string of the molecule is COc1cccc(OC)c1OCCOCCOCCO. The lowest BCUT2D eigenvalue weighted by Gasteiger charge is -2.14. The van der Waals surface area contributed by atoms with Crippen LogP contribution in [0.5, 0.6) is 17.2 Å². The van der Waals surface area contributed by atoms with Crippen molar-refractivity contribution in [2.45, 2.75) is 0 Å². The molecule has 6 heteroatoms. The molecule has 0 saturated heterocycles. The molecule has 0 radical (unpaired) electrons. The first kappa shape index (κ1) is 16.6. The highest BCUT2D eigenvalue weighted by Gasteiger charge is 2.10. The molecule has 6 nitrogen and oxygen atoms in total. The minimum absolute atomic E-state index is 0.0245. The first-order chi connectivity index (χ1) is 9.83. The molecule has 0 spiro atoms. The van der Waals surface area contributed by atoms with Gasteiger partial charge in [-0.2, -0.15) is 0 Å². The van der Waals surface area contributed by atoms with Crippen LogP contribution in [0, 0.1) is 0 Å². The predicted molar refractivity (Wildman–Crippen MR) is 73.8 cm³/mol. The van der Waals surface area contributed by atoms with Gasteiger partial charge in [-0.05, 0) is 12.1 Å². The van der Waals surface area contributed by atoms with Crippen LogP contribution in [0.2, 0.25) is 0 Å². The number of hydrogen-bond donors (Lipinski definition) is 1. The Balaban J connectivity index is 2.27. The number of aliphatic hydroxyl groups is 1. The molecule has 0 heterocycles. The number of rotatable bonds is 11. The summed E-state index contributed by atoms with van der Waals surface area (Å²) in [7, 11) is 3.16. The summed E-state index contributed by atoms with van der Waals surface area (Å²) in [5.41, 5.74) is 0. The molecule has 0 unspecified atom stereocenters. The highest BCUT2D eigenvalue weighted by atomic mass is 16.6. The van der Waals surface area contributed by atoms with Crippen molar-refractivity contribution >= 4 is 0 Å². The molecule has 1 N–H and O–H groups in total. The summed E-state index contributed by atoms with van der Waals surface area (Å²) in [4.78, 5) is 0. The van der Waals surface area contributed by atoms with Gasteiger partial charge in [0.05, 0.1) is 47.3 Å². The maximum absolute atomic E-state index is 8.52. The highest BCUT2D eigenvalue weighted by molar-refractivity contribution is 5.51. The van der Waals surface area contributed by atoms with E-state index in [2.05, 4.69) is 0 Å². The fraction of sp³-hybridized carbons (Fsp3) is 0.571. The lowest BCUT2D eigenvalue weighted by Crippen LogP contribution is -2.12. The molecule has 0 aliphatic carbocycles. The molecule has 0 aliphatic rings. The quantitative estimate of drug-likeness (QED) is 0.615.